The molecule has 1 aliphatic rings. The van der Waals surface area contributed by atoms with E-state index in [2.05, 4.69) is 37.3 Å². The van der Waals surface area contributed by atoms with Crippen molar-refractivity contribution in [1.82, 2.24) is 14.9 Å². The van der Waals surface area contributed by atoms with Gasteiger partial charge >= 0.3 is 0 Å². The smallest absolute Gasteiger partial charge is 0.270 e. The topological polar surface area (TPSA) is 95.4 Å². The second kappa shape index (κ2) is 8.09. The minimum Gasteiger partial charge on any atom is -0.354 e. The zero-order valence-corrected chi connectivity index (χ0v) is 17.6. The molecule has 1 aliphatic heterocycles. The maximum atomic E-state index is 12.0. The third kappa shape index (κ3) is 3.89. The van der Waals surface area contributed by atoms with Gasteiger partial charge in [-0.15, -0.1) is 11.3 Å². The molecule has 0 bridgehead atoms. The normalized spacial score (nSPS) is 15.0. The van der Waals surface area contributed by atoms with Crippen LogP contribution in [0.2, 0.25) is 0 Å². The van der Waals surface area contributed by atoms with Crippen LogP contribution in [0, 0.1) is 10.1 Å². The summed E-state index contributed by atoms with van der Waals surface area (Å²) in [6, 6.07) is 10.3. The molecule has 1 saturated heterocycles. The number of nitrogens with zero attached hydrogens (tertiary/aromatic N) is 4. The molecule has 158 valence electrons. The Balaban J connectivity index is 1.29. The van der Waals surface area contributed by atoms with Gasteiger partial charge in [-0.05, 0) is 35.6 Å². The van der Waals surface area contributed by atoms with Crippen molar-refractivity contribution < 1.29 is 4.92 Å². The molecule has 0 aliphatic carbocycles. The van der Waals surface area contributed by atoms with Crippen LogP contribution >= 0.6 is 11.3 Å². The van der Waals surface area contributed by atoms with E-state index in [9.17, 15) is 14.9 Å². The van der Waals surface area contributed by atoms with E-state index < -0.39 is 4.92 Å². The van der Waals surface area contributed by atoms with Crippen molar-refractivity contribution in [3.8, 4) is 0 Å². The number of rotatable bonds is 5. The van der Waals surface area contributed by atoms with Crippen molar-refractivity contribution in [3.63, 3.8) is 0 Å². The SMILES string of the molecule is O=c1cc(CCN2CCN(c3nccc4sccc34)CC2)c2cc([N+](=O)[O-])ccc2[nH]1. The van der Waals surface area contributed by atoms with E-state index in [1.165, 1.54) is 16.2 Å². The highest BCUT2D eigenvalue weighted by atomic mass is 32.1. The molecule has 8 nitrogen and oxygen atoms in total. The van der Waals surface area contributed by atoms with Crippen LogP contribution in [0.3, 0.4) is 0 Å². The van der Waals surface area contributed by atoms with Crippen molar-refractivity contribution in [2.75, 3.05) is 37.6 Å². The van der Waals surface area contributed by atoms with Crippen molar-refractivity contribution in [2.45, 2.75) is 6.42 Å². The first-order valence-corrected chi connectivity index (χ1v) is 11.1. The monoisotopic (exact) mass is 435 g/mol. The van der Waals surface area contributed by atoms with Gasteiger partial charge in [0, 0.05) is 78.1 Å². The molecule has 1 N–H and O–H groups in total. The summed E-state index contributed by atoms with van der Waals surface area (Å²) in [7, 11) is 0. The number of hydrogen-bond acceptors (Lipinski definition) is 7. The van der Waals surface area contributed by atoms with Crippen LogP contribution in [-0.4, -0.2) is 52.5 Å². The molecule has 3 aromatic heterocycles. The first-order chi connectivity index (χ1) is 15.1. The van der Waals surface area contributed by atoms with Gasteiger partial charge < -0.3 is 9.88 Å². The Bertz CT molecular complexity index is 1320. The van der Waals surface area contributed by atoms with E-state index in [0.29, 0.717) is 11.9 Å². The highest BCUT2D eigenvalue weighted by molar-refractivity contribution is 7.17. The summed E-state index contributed by atoms with van der Waals surface area (Å²) in [5.41, 5.74) is 1.32. The van der Waals surface area contributed by atoms with Crippen molar-refractivity contribution >= 4 is 43.8 Å². The van der Waals surface area contributed by atoms with Crippen LogP contribution in [0.1, 0.15) is 5.56 Å². The molecule has 9 heteroatoms. The number of benzene rings is 1. The molecule has 5 rings (SSSR count). The summed E-state index contributed by atoms with van der Waals surface area (Å²) in [6.45, 7) is 4.39. The molecule has 1 aromatic carbocycles. The molecule has 0 amide bonds. The Kier molecular flexibility index (Phi) is 5.13. The quantitative estimate of drug-likeness (QED) is 0.381. The Morgan fingerprint density at radius 1 is 1.10 bits per heavy atom. The summed E-state index contributed by atoms with van der Waals surface area (Å²) in [5, 5.41) is 15.2. The maximum absolute atomic E-state index is 12.0. The first-order valence-electron chi connectivity index (χ1n) is 10.2. The largest absolute Gasteiger partial charge is 0.354 e. The molecule has 0 unspecified atom stereocenters. The number of nitro groups is 1. The molecule has 0 atom stereocenters. The second-order valence-corrected chi connectivity index (χ2v) is 8.64. The van der Waals surface area contributed by atoms with Crippen molar-refractivity contribution in [1.29, 1.82) is 0 Å². The van der Waals surface area contributed by atoms with E-state index >= 15 is 0 Å². The van der Waals surface area contributed by atoms with E-state index in [4.69, 9.17) is 0 Å². The Morgan fingerprint density at radius 2 is 1.94 bits per heavy atom. The van der Waals surface area contributed by atoms with Crippen LogP contribution in [0.15, 0.2) is 52.8 Å². The highest BCUT2D eigenvalue weighted by Gasteiger charge is 2.20. The van der Waals surface area contributed by atoms with Gasteiger partial charge in [0.05, 0.1) is 4.92 Å². The van der Waals surface area contributed by atoms with Crippen LogP contribution in [-0.2, 0) is 6.42 Å². The number of thiophene rings is 1. The third-order valence-corrected chi connectivity index (χ3v) is 6.73. The summed E-state index contributed by atoms with van der Waals surface area (Å²) < 4.78 is 1.25. The lowest BCUT2D eigenvalue weighted by Crippen LogP contribution is -2.47. The van der Waals surface area contributed by atoms with E-state index in [-0.39, 0.29) is 11.2 Å². The van der Waals surface area contributed by atoms with E-state index in [0.717, 1.165) is 49.5 Å². The number of non-ortho nitro benzene ring substituents is 1. The molecule has 4 aromatic rings. The predicted octanol–water partition coefficient (Wildman–Crippen LogP) is 3.41. The van der Waals surface area contributed by atoms with Gasteiger partial charge in [-0.3, -0.25) is 19.8 Å². The van der Waals surface area contributed by atoms with Crippen LogP contribution < -0.4 is 10.5 Å². The zero-order valence-electron chi connectivity index (χ0n) is 16.8. The second-order valence-electron chi connectivity index (χ2n) is 7.69. The van der Waals surface area contributed by atoms with E-state index in [1.54, 1.807) is 29.5 Å². The molecule has 0 spiro atoms. The van der Waals surface area contributed by atoms with Crippen molar-refractivity contribution in [3.05, 3.63) is 74.0 Å². The van der Waals surface area contributed by atoms with Gasteiger partial charge in [0.1, 0.15) is 5.82 Å². The number of pyridine rings is 2. The molecule has 31 heavy (non-hydrogen) atoms. The molecular formula is C22H21N5O3S. The van der Waals surface area contributed by atoms with Crippen LogP contribution in [0.25, 0.3) is 21.0 Å². The van der Waals surface area contributed by atoms with Gasteiger partial charge in [0.15, 0.2) is 0 Å². The Morgan fingerprint density at radius 3 is 2.74 bits per heavy atom. The first kappa shape index (κ1) is 19.7. The number of H-pyrrole nitrogens is 1. The number of hydrogen-bond donors (Lipinski definition) is 1. The lowest BCUT2D eigenvalue weighted by atomic mass is 10.0. The average molecular weight is 436 g/mol. The number of aromatic amines is 1. The molecular weight excluding hydrogens is 414 g/mol. The summed E-state index contributed by atoms with van der Waals surface area (Å²) in [4.78, 5) is 34.9. The minimum absolute atomic E-state index is 0.0320. The van der Waals surface area contributed by atoms with Gasteiger partial charge in [-0.2, -0.15) is 0 Å². The lowest BCUT2D eigenvalue weighted by molar-refractivity contribution is -0.384. The molecule has 0 radical (unpaired) electrons. The van der Waals surface area contributed by atoms with Crippen LogP contribution in [0.5, 0.6) is 0 Å². The number of fused-ring (bicyclic) bond motifs is 2. The third-order valence-electron chi connectivity index (χ3n) is 5.85. The number of nitro benzene ring substituents is 1. The molecule has 0 saturated carbocycles. The van der Waals surface area contributed by atoms with Gasteiger partial charge in [0.2, 0.25) is 5.56 Å². The highest BCUT2D eigenvalue weighted by Crippen LogP contribution is 2.29. The number of aromatic nitrogens is 2. The Hall–Kier alpha value is -3.30. The van der Waals surface area contributed by atoms with Crippen molar-refractivity contribution in [2.24, 2.45) is 0 Å². The fraction of sp³-hybridized carbons (Fsp3) is 0.273. The zero-order chi connectivity index (χ0) is 21.4. The maximum Gasteiger partial charge on any atom is 0.270 e. The molecule has 4 heterocycles. The average Bonchev–Trinajstić information content (AvgIpc) is 3.26. The van der Waals surface area contributed by atoms with Gasteiger partial charge in [0.25, 0.3) is 5.69 Å². The summed E-state index contributed by atoms with van der Waals surface area (Å²) in [6.07, 6.45) is 2.54. The number of anilines is 1. The van der Waals surface area contributed by atoms with Gasteiger partial charge in [-0.1, -0.05) is 0 Å². The molecule has 1 fully saturated rings. The Labute approximate surface area is 181 Å². The lowest BCUT2D eigenvalue weighted by Gasteiger charge is -2.35. The summed E-state index contributed by atoms with van der Waals surface area (Å²) in [5.74, 6) is 1.05. The van der Waals surface area contributed by atoms with E-state index in [1.807, 2.05) is 6.20 Å². The van der Waals surface area contributed by atoms with Gasteiger partial charge in [-0.25, -0.2) is 4.98 Å². The standard InChI is InChI=1S/C22H21N5O3S/c28-21-13-15(18-14-16(27(29)30)1-2-19(18)24-21)4-7-25-8-10-26(11-9-25)22-17-5-12-31-20(17)3-6-23-22/h1-3,5-6,12-14H,4,7-11H2,(H,24,28). The predicted molar refractivity (Wildman–Crippen MR) is 123 cm³/mol. The van der Waals surface area contributed by atoms with Crippen LogP contribution in [0.4, 0.5) is 11.5 Å². The fourth-order valence-corrected chi connectivity index (χ4v) is 5.00. The minimum atomic E-state index is -0.407. The number of piperazine rings is 1. The number of nitrogens with one attached hydrogen (secondary N) is 1. The summed E-state index contributed by atoms with van der Waals surface area (Å²) >= 11 is 1.73. The fourth-order valence-electron chi connectivity index (χ4n) is 4.23.